The van der Waals surface area contributed by atoms with Crippen LogP contribution in [0.5, 0.6) is 0 Å². The van der Waals surface area contributed by atoms with E-state index in [1.807, 2.05) is 35.2 Å². The summed E-state index contributed by atoms with van der Waals surface area (Å²) in [6.45, 7) is 3.59. The molecule has 1 aromatic heterocycles. The van der Waals surface area contributed by atoms with E-state index in [4.69, 9.17) is 32.9 Å². The molecule has 1 spiro atoms. The maximum absolute atomic E-state index is 16.3. The summed E-state index contributed by atoms with van der Waals surface area (Å²) in [5.41, 5.74) is 2.91. The number of nitrogens with zero attached hydrogens (tertiary/aromatic N) is 4. The Labute approximate surface area is 282 Å². The number of likely N-dealkylation sites (tertiary alicyclic amines) is 1. The molecule has 5 heterocycles. The van der Waals surface area contributed by atoms with Crippen LogP contribution in [0.2, 0.25) is 10.0 Å². The highest BCUT2D eigenvalue weighted by atomic mass is 35.5. The zero-order chi connectivity index (χ0) is 31.3. The third kappa shape index (κ3) is 4.50. The molecule has 3 fully saturated rings. The number of aromatic nitrogens is 2. The van der Waals surface area contributed by atoms with Crippen molar-refractivity contribution in [1.82, 2.24) is 19.4 Å². The summed E-state index contributed by atoms with van der Waals surface area (Å²) in [4.78, 5) is 37.4. The number of ether oxygens (including phenoxy) is 1. The Balaban J connectivity index is 0.00000324. The molecule has 9 rings (SSSR count). The average Bonchev–Trinajstić information content (AvgIpc) is 3.65. The van der Waals surface area contributed by atoms with Gasteiger partial charge in [-0.15, -0.1) is 0 Å². The molecule has 0 unspecified atom stereocenters. The second-order valence-electron chi connectivity index (χ2n) is 13.2. The summed E-state index contributed by atoms with van der Waals surface area (Å²) < 4.78 is 24.0. The number of rotatable bonds is 4. The first kappa shape index (κ1) is 30.8. The van der Waals surface area contributed by atoms with Crippen LogP contribution in [0.3, 0.4) is 0 Å². The predicted octanol–water partition coefficient (Wildman–Crippen LogP) is 6.80. The van der Waals surface area contributed by atoms with E-state index < -0.39 is 17.3 Å². The maximum Gasteiger partial charge on any atom is 0.254 e. The van der Waals surface area contributed by atoms with Gasteiger partial charge in [0.2, 0.25) is 5.91 Å². The molecule has 11 heteroatoms. The largest absolute Gasteiger partial charge is 0.378 e. The second kappa shape index (κ2) is 11.3. The van der Waals surface area contributed by atoms with Crippen LogP contribution in [0.15, 0.2) is 54.6 Å². The zero-order valence-corrected chi connectivity index (χ0v) is 26.5. The molecule has 4 aromatic rings. The molecule has 1 N–H and O–H groups in total. The molecule has 2 saturated heterocycles. The standard InChI is InChI=1S/C35H32Cl2FN5O3.CH4/c36-21-7-8-23-25(17-21)40-34(45)35(23)30(22-2-1-3-24(37)31(22)38)29-28(43(35)18-19-4-5-19)10-11-42-27-9-6-20(16-26(27)39-32(29)42)33(44)41-12-14-46-15-13-41;/h1-3,6-9,16-17,19,28-30H,4-5,10-15,18H2,(H,40,45);1H4/t28-,29+,30-,35+;/m0./s1. The number of halogens is 3. The summed E-state index contributed by atoms with van der Waals surface area (Å²) in [6.07, 6.45) is 2.97. The van der Waals surface area contributed by atoms with Gasteiger partial charge in [0.15, 0.2) is 0 Å². The maximum atomic E-state index is 16.3. The monoisotopic (exact) mass is 675 g/mol. The molecule has 1 aliphatic carbocycles. The third-order valence-corrected chi connectivity index (χ3v) is 11.3. The molecule has 0 radical (unpaired) electrons. The van der Waals surface area contributed by atoms with Crippen LogP contribution in [0.1, 0.15) is 65.8 Å². The fourth-order valence-electron chi connectivity index (χ4n) is 8.68. The lowest BCUT2D eigenvalue weighted by molar-refractivity contribution is -0.128. The van der Waals surface area contributed by atoms with Crippen LogP contribution in [0, 0.1) is 11.7 Å². The van der Waals surface area contributed by atoms with E-state index in [0.717, 1.165) is 48.2 Å². The van der Waals surface area contributed by atoms with Crippen molar-refractivity contribution in [2.45, 2.75) is 56.7 Å². The normalized spacial score (nSPS) is 26.6. The second-order valence-corrected chi connectivity index (χ2v) is 14.1. The number of imidazole rings is 1. The van der Waals surface area contributed by atoms with E-state index in [-0.39, 0.29) is 36.2 Å². The smallest absolute Gasteiger partial charge is 0.254 e. The highest BCUT2D eigenvalue weighted by Gasteiger charge is 2.69. The van der Waals surface area contributed by atoms with Gasteiger partial charge in [0, 0.05) is 65.9 Å². The van der Waals surface area contributed by atoms with Crippen LogP contribution in [0.4, 0.5) is 10.1 Å². The highest BCUT2D eigenvalue weighted by Crippen LogP contribution is 2.64. The van der Waals surface area contributed by atoms with E-state index in [2.05, 4.69) is 14.8 Å². The van der Waals surface area contributed by atoms with Gasteiger partial charge < -0.3 is 19.5 Å². The minimum absolute atomic E-state index is 0. The van der Waals surface area contributed by atoms with Crippen molar-refractivity contribution in [3.8, 4) is 0 Å². The van der Waals surface area contributed by atoms with E-state index >= 15 is 4.39 Å². The van der Waals surface area contributed by atoms with Gasteiger partial charge in [-0.05, 0) is 67.1 Å². The van der Waals surface area contributed by atoms with Gasteiger partial charge in [-0.25, -0.2) is 9.37 Å². The van der Waals surface area contributed by atoms with Crippen LogP contribution in [-0.4, -0.2) is 70.1 Å². The lowest BCUT2D eigenvalue weighted by Crippen LogP contribution is -2.53. The Morgan fingerprint density at radius 2 is 1.85 bits per heavy atom. The van der Waals surface area contributed by atoms with Crippen molar-refractivity contribution in [1.29, 1.82) is 0 Å². The molecule has 4 aliphatic heterocycles. The number of nitrogens with one attached hydrogen (secondary N) is 1. The topological polar surface area (TPSA) is 79.7 Å². The molecule has 244 valence electrons. The van der Waals surface area contributed by atoms with Gasteiger partial charge in [-0.3, -0.25) is 14.5 Å². The van der Waals surface area contributed by atoms with E-state index in [9.17, 15) is 9.59 Å². The van der Waals surface area contributed by atoms with E-state index in [0.29, 0.717) is 60.6 Å². The van der Waals surface area contributed by atoms with Gasteiger partial charge in [-0.2, -0.15) is 0 Å². The quantitative estimate of drug-likeness (QED) is 0.257. The Hall–Kier alpha value is -3.50. The first-order valence-electron chi connectivity index (χ1n) is 16.1. The van der Waals surface area contributed by atoms with Gasteiger partial charge in [0.05, 0.1) is 29.3 Å². The predicted molar refractivity (Wildman–Crippen MR) is 180 cm³/mol. The molecular weight excluding hydrogens is 640 g/mol. The van der Waals surface area contributed by atoms with Crippen molar-refractivity contribution < 1.29 is 18.7 Å². The molecule has 0 bridgehead atoms. The van der Waals surface area contributed by atoms with E-state index in [1.54, 1.807) is 24.3 Å². The fourth-order valence-corrected chi connectivity index (χ4v) is 9.03. The first-order chi connectivity index (χ1) is 22.4. The van der Waals surface area contributed by atoms with Gasteiger partial charge in [0.25, 0.3) is 5.91 Å². The molecule has 47 heavy (non-hydrogen) atoms. The molecule has 3 aromatic carbocycles. The summed E-state index contributed by atoms with van der Waals surface area (Å²) in [7, 11) is 0. The molecule has 5 aliphatic rings. The zero-order valence-electron chi connectivity index (χ0n) is 25.0. The number of fused-ring (bicyclic) bond motifs is 7. The number of carbonyl (C=O) groups excluding carboxylic acids is 2. The van der Waals surface area contributed by atoms with Gasteiger partial charge in [-0.1, -0.05) is 48.8 Å². The number of aryl methyl sites for hydroxylation is 1. The van der Waals surface area contributed by atoms with Crippen molar-refractivity contribution >= 4 is 51.7 Å². The summed E-state index contributed by atoms with van der Waals surface area (Å²) >= 11 is 12.9. The Kier molecular flexibility index (Phi) is 7.40. The molecular formula is C36H36Cl2FN5O3. The number of carbonyl (C=O) groups is 2. The van der Waals surface area contributed by atoms with Crippen molar-refractivity contribution in [3.05, 3.63) is 93.0 Å². The molecule has 8 nitrogen and oxygen atoms in total. The van der Waals surface area contributed by atoms with Crippen LogP contribution in [0.25, 0.3) is 11.0 Å². The van der Waals surface area contributed by atoms with Gasteiger partial charge >= 0.3 is 0 Å². The number of morpholine rings is 1. The van der Waals surface area contributed by atoms with Gasteiger partial charge in [0.1, 0.15) is 17.2 Å². The Bertz CT molecular complexity index is 1940. The number of hydrogen-bond acceptors (Lipinski definition) is 5. The third-order valence-electron chi connectivity index (χ3n) is 10.8. The van der Waals surface area contributed by atoms with Crippen molar-refractivity contribution in [3.63, 3.8) is 0 Å². The Morgan fingerprint density at radius 1 is 1.04 bits per heavy atom. The number of benzene rings is 3. The van der Waals surface area contributed by atoms with Crippen molar-refractivity contribution in [2.75, 3.05) is 38.2 Å². The summed E-state index contributed by atoms with van der Waals surface area (Å²) in [5, 5.41) is 3.69. The molecule has 4 atom stereocenters. The molecule has 1 saturated carbocycles. The Morgan fingerprint density at radius 3 is 2.64 bits per heavy atom. The lowest BCUT2D eigenvalue weighted by atomic mass is 9.70. The SMILES string of the molecule is C.O=C(c1ccc2c(c1)nc1n2CC[C@H]2[C@@H]1[C@H](c1cccc(Cl)c1F)[C@]1(C(=O)Nc3cc(Cl)ccc31)N2CC1CC1)N1CCOCC1. The average molecular weight is 677 g/mol. The summed E-state index contributed by atoms with van der Waals surface area (Å²) in [6, 6.07) is 16.2. The highest BCUT2D eigenvalue weighted by molar-refractivity contribution is 6.31. The molecule has 2 amide bonds. The lowest BCUT2D eigenvalue weighted by Gasteiger charge is -2.40. The minimum Gasteiger partial charge on any atom is -0.378 e. The fraction of sp³-hybridized carbons (Fsp3) is 0.417. The van der Waals surface area contributed by atoms with Crippen LogP contribution >= 0.6 is 23.2 Å². The number of anilines is 1. The van der Waals surface area contributed by atoms with Crippen LogP contribution in [-0.2, 0) is 21.6 Å². The number of amides is 2. The van der Waals surface area contributed by atoms with Crippen molar-refractivity contribution in [2.24, 2.45) is 5.92 Å². The van der Waals surface area contributed by atoms with Crippen LogP contribution < -0.4 is 5.32 Å². The minimum atomic E-state index is -1.19. The van der Waals surface area contributed by atoms with E-state index in [1.165, 1.54) is 0 Å². The number of hydrogen-bond donors (Lipinski definition) is 1. The first-order valence-corrected chi connectivity index (χ1v) is 16.8. The summed E-state index contributed by atoms with van der Waals surface area (Å²) in [5.74, 6) is -0.395.